The van der Waals surface area contributed by atoms with Gasteiger partial charge in [-0.05, 0) is 68.1 Å². The predicted molar refractivity (Wildman–Crippen MR) is 103 cm³/mol. The van der Waals surface area contributed by atoms with Crippen molar-refractivity contribution in [2.24, 2.45) is 0 Å². The summed E-state index contributed by atoms with van der Waals surface area (Å²) >= 11 is 0. The first-order valence-electron chi connectivity index (χ1n) is 9.00. The first-order chi connectivity index (χ1) is 12.1. The standard InChI is InChI=1S/C21H27N3O/c1-24(2)15-17-8-5-7-16(13-17)14-22-21(25)23-20-12-6-10-18-9-3-4-11-19(18)20/h5-8,10,12-13H,3-4,9,11,14-15H2,1-2H3,(H2,22,23,25). The highest BCUT2D eigenvalue weighted by molar-refractivity contribution is 5.90. The summed E-state index contributed by atoms with van der Waals surface area (Å²) in [6.45, 7) is 1.43. The van der Waals surface area contributed by atoms with Crippen LogP contribution in [0.5, 0.6) is 0 Å². The molecule has 4 nitrogen and oxygen atoms in total. The summed E-state index contributed by atoms with van der Waals surface area (Å²) in [5.41, 5.74) is 6.00. The quantitative estimate of drug-likeness (QED) is 0.868. The van der Waals surface area contributed by atoms with Crippen LogP contribution in [0.3, 0.4) is 0 Å². The Hall–Kier alpha value is -2.33. The summed E-state index contributed by atoms with van der Waals surface area (Å²) in [7, 11) is 4.11. The van der Waals surface area contributed by atoms with Gasteiger partial charge in [0.25, 0.3) is 0 Å². The molecular formula is C21H27N3O. The molecule has 0 unspecified atom stereocenters. The number of anilines is 1. The van der Waals surface area contributed by atoms with Gasteiger partial charge in [0.1, 0.15) is 0 Å². The molecular weight excluding hydrogens is 310 g/mol. The Morgan fingerprint density at radius 2 is 1.80 bits per heavy atom. The SMILES string of the molecule is CN(C)Cc1cccc(CNC(=O)Nc2cccc3c2CCCC3)c1. The molecule has 0 heterocycles. The predicted octanol–water partition coefficient (Wildman–Crippen LogP) is 3.95. The van der Waals surface area contributed by atoms with Crippen LogP contribution in [-0.4, -0.2) is 25.0 Å². The van der Waals surface area contributed by atoms with Gasteiger partial charge in [0.05, 0.1) is 0 Å². The number of hydrogen-bond donors (Lipinski definition) is 2. The van der Waals surface area contributed by atoms with Crippen LogP contribution in [0.2, 0.25) is 0 Å². The Bertz CT molecular complexity index is 740. The zero-order chi connectivity index (χ0) is 17.6. The topological polar surface area (TPSA) is 44.4 Å². The van der Waals surface area contributed by atoms with Gasteiger partial charge in [-0.3, -0.25) is 0 Å². The second-order valence-electron chi connectivity index (χ2n) is 7.02. The van der Waals surface area contributed by atoms with Gasteiger partial charge in [0.15, 0.2) is 0 Å². The van der Waals surface area contributed by atoms with Crippen LogP contribution < -0.4 is 10.6 Å². The van der Waals surface area contributed by atoms with E-state index in [2.05, 4.69) is 47.8 Å². The fourth-order valence-electron chi connectivity index (χ4n) is 3.45. The number of aryl methyl sites for hydroxylation is 1. The van der Waals surface area contributed by atoms with Crippen molar-refractivity contribution in [1.29, 1.82) is 0 Å². The number of rotatable bonds is 5. The second kappa shape index (κ2) is 8.17. The summed E-state index contributed by atoms with van der Waals surface area (Å²) in [4.78, 5) is 14.4. The number of nitrogens with one attached hydrogen (secondary N) is 2. The molecule has 0 aromatic heterocycles. The molecule has 1 aliphatic carbocycles. The van der Waals surface area contributed by atoms with Crippen molar-refractivity contribution in [3.63, 3.8) is 0 Å². The van der Waals surface area contributed by atoms with Crippen LogP contribution >= 0.6 is 0 Å². The zero-order valence-electron chi connectivity index (χ0n) is 15.1. The van der Waals surface area contributed by atoms with Crippen molar-refractivity contribution in [3.05, 3.63) is 64.7 Å². The highest BCUT2D eigenvalue weighted by Crippen LogP contribution is 2.27. The van der Waals surface area contributed by atoms with Crippen LogP contribution in [0.25, 0.3) is 0 Å². The van der Waals surface area contributed by atoms with Crippen LogP contribution in [0.1, 0.15) is 35.1 Å². The van der Waals surface area contributed by atoms with Crippen molar-refractivity contribution in [3.8, 4) is 0 Å². The fourth-order valence-corrected chi connectivity index (χ4v) is 3.45. The van der Waals surface area contributed by atoms with E-state index < -0.39 is 0 Å². The van der Waals surface area contributed by atoms with Crippen molar-refractivity contribution in [2.45, 2.75) is 38.8 Å². The second-order valence-corrected chi connectivity index (χ2v) is 7.02. The van der Waals surface area contributed by atoms with E-state index in [1.165, 1.54) is 29.5 Å². The lowest BCUT2D eigenvalue weighted by Gasteiger charge is -2.19. The molecule has 25 heavy (non-hydrogen) atoms. The Morgan fingerprint density at radius 1 is 1.04 bits per heavy atom. The van der Waals surface area contributed by atoms with Crippen molar-refractivity contribution in [2.75, 3.05) is 19.4 Å². The van der Waals surface area contributed by atoms with Crippen LogP contribution in [0, 0.1) is 0 Å². The Kier molecular flexibility index (Phi) is 5.71. The highest BCUT2D eigenvalue weighted by Gasteiger charge is 2.14. The van der Waals surface area contributed by atoms with Gasteiger partial charge in [-0.25, -0.2) is 4.79 Å². The number of carbonyl (C=O) groups excluding carboxylic acids is 1. The average molecular weight is 337 g/mol. The first kappa shape index (κ1) is 17.5. The van der Waals surface area contributed by atoms with E-state index in [1.54, 1.807) is 0 Å². The van der Waals surface area contributed by atoms with Gasteiger partial charge in [0, 0.05) is 18.8 Å². The van der Waals surface area contributed by atoms with E-state index in [4.69, 9.17) is 0 Å². The van der Waals surface area contributed by atoms with Gasteiger partial charge in [-0.15, -0.1) is 0 Å². The van der Waals surface area contributed by atoms with Gasteiger partial charge in [-0.2, -0.15) is 0 Å². The number of benzene rings is 2. The Balaban J connectivity index is 1.59. The first-order valence-corrected chi connectivity index (χ1v) is 9.00. The van der Waals surface area contributed by atoms with E-state index in [9.17, 15) is 4.79 Å². The van der Waals surface area contributed by atoms with Gasteiger partial charge in [0.2, 0.25) is 0 Å². The highest BCUT2D eigenvalue weighted by atomic mass is 16.2. The number of fused-ring (bicyclic) bond motifs is 1. The maximum atomic E-state index is 12.3. The molecule has 4 heteroatoms. The maximum absolute atomic E-state index is 12.3. The number of nitrogens with zero attached hydrogens (tertiary/aromatic N) is 1. The van der Waals surface area contributed by atoms with E-state index in [0.717, 1.165) is 30.6 Å². The van der Waals surface area contributed by atoms with E-state index in [-0.39, 0.29) is 6.03 Å². The van der Waals surface area contributed by atoms with E-state index >= 15 is 0 Å². The number of carbonyl (C=O) groups is 1. The third kappa shape index (κ3) is 4.83. The third-order valence-corrected chi connectivity index (χ3v) is 4.59. The lowest BCUT2D eigenvalue weighted by molar-refractivity contribution is 0.251. The van der Waals surface area contributed by atoms with Gasteiger partial charge >= 0.3 is 6.03 Å². The van der Waals surface area contributed by atoms with Crippen molar-refractivity contribution in [1.82, 2.24) is 10.2 Å². The normalized spacial score (nSPS) is 13.4. The minimum Gasteiger partial charge on any atom is -0.334 e. The van der Waals surface area contributed by atoms with Crippen LogP contribution in [0.4, 0.5) is 10.5 Å². The molecule has 0 atom stereocenters. The molecule has 0 fully saturated rings. The summed E-state index contributed by atoms with van der Waals surface area (Å²) < 4.78 is 0. The molecule has 0 aliphatic heterocycles. The molecule has 3 rings (SSSR count). The molecule has 0 bridgehead atoms. The average Bonchev–Trinajstić information content (AvgIpc) is 2.60. The molecule has 0 spiro atoms. The third-order valence-electron chi connectivity index (χ3n) is 4.59. The molecule has 132 valence electrons. The summed E-state index contributed by atoms with van der Waals surface area (Å²) in [5.74, 6) is 0. The van der Waals surface area contributed by atoms with Crippen molar-refractivity contribution >= 4 is 11.7 Å². The summed E-state index contributed by atoms with van der Waals surface area (Å²) in [6, 6.07) is 14.4. The van der Waals surface area contributed by atoms with Gasteiger partial charge in [-0.1, -0.05) is 36.4 Å². The zero-order valence-corrected chi connectivity index (χ0v) is 15.1. The molecule has 1 aliphatic rings. The molecule has 0 saturated heterocycles. The molecule has 0 saturated carbocycles. The molecule has 2 amide bonds. The Morgan fingerprint density at radius 3 is 2.64 bits per heavy atom. The van der Waals surface area contributed by atoms with E-state index in [0.29, 0.717) is 6.54 Å². The number of hydrogen-bond acceptors (Lipinski definition) is 2. The summed E-state index contributed by atoms with van der Waals surface area (Å²) in [5, 5.41) is 6.00. The molecule has 2 aromatic rings. The number of amides is 2. The maximum Gasteiger partial charge on any atom is 0.319 e. The van der Waals surface area contributed by atoms with Crippen LogP contribution in [-0.2, 0) is 25.9 Å². The smallest absolute Gasteiger partial charge is 0.319 e. The minimum atomic E-state index is -0.142. The monoisotopic (exact) mass is 337 g/mol. The Labute approximate surface area is 150 Å². The lowest BCUT2D eigenvalue weighted by Crippen LogP contribution is -2.29. The lowest BCUT2D eigenvalue weighted by atomic mass is 9.90. The van der Waals surface area contributed by atoms with Gasteiger partial charge < -0.3 is 15.5 Å². The van der Waals surface area contributed by atoms with Crippen molar-refractivity contribution < 1.29 is 4.79 Å². The largest absolute Gasteiger partial charge is 0.334 e. The fraction of sp³-hybridized carbons (Fsp3) is 0.381. The number of urea groups is 1. The summed E-state index contributed by atoms with van der Waals surface area (Å²) in [6.07, 6.45) is 4.61. The molecule has 2 N–H and O–H groups in total. The van der Waals surface area contributed by atoms with E-state index in [1.807, 2.05) is 24.3 Å². The van der Waals surface area contributed by atoms with Crippen LogP contribution in [0.15, 0.2) is 42.5 Å². The molecule has 0 radical (unpaired) electrons. The molecule has 2 aromatic carbocycles. The minimum absolute atomic E-state index is 0.142.